The standard InChI is InChI=1S/C17H18NO2/c1-3-18(13-14-9-5-4-6-10-14)16-12-8-7-11-15(16)17(19)20-2/h4-11H,3,13H2,1-2H3. The number of anilines is 1. The van der Waals surface area contributed by atoms with E-state index in [-0.39, 0.29) is 5.97 Å². The highest BCUT2D eigenvalue weighted by Gasteiger charge is 2.16. The van der Waals surface area contributed by atoms with E-state index < -0.39 is 0 Å². The largest absolute Gasteiger partial charge is 0.465 e. The minimum absolute atomic E-state index is 0.330. The molecule has 0 saturated carbocycles. The van der Waals surface area contributed by atoms with Crippen molar-refractivity contribution in [3.8, 4) is 0 Å². The Morgan fingerprint density at radius 3 is 2.60 bits per heavy atom. The van der Waals surface area contributed by atoms with Gasteiger partial charge in [0, 0.05) is 19.2 Å². The van der Waals surface area contributed by atoms with Gasteiger partial charge in [-0.3, -0.25) is 0 Å². The van der Waals surface area contributed by atoms with Gasteiger partial charge in [-0.15, -0.1) is 0 Å². The van der Waals surface area contributed by atoms with Crippen molar-refractivity contribution in [1.29, 1.82) is 0 Å². The summed E-state index contributed by atoms with van der Waals surface area (Å²) in [5, 5.41) is 0. The van der Waals surface area contributed by atoms with Gasteiger partial charge in [-0.2, -0.15) is 0 Å². The lowest BCUT2D eigenvalue weighted by Gasteiger charge is -2.24. The summed E-state index contributed by atoms with van der Waals surface area (Å²) in [6.45, 7) is 3.59. The first-order valence-corrected chi connectivity index (χ1v) is 6.64. The van der Waals surface area contributed by atoms with Crippen LogP contribution in [0.2, 0.25) is 0 Å². The second-order valence-electron chi connectivity index (χ2n) is 4.42. The maximum Gasteiger partial charge on any atom is 0.339 e. The topological polar surface area (TPSA) is 29.5 Å². The van der Waals surface area contributed by atoms with Crippen LogP contribution in [0.4, 0.5) is 5.69 Å². The van der Waals surface area contributed by atoms with Crippen molar-refractivity contribution in [1.82, 2.24) is 0 Å². The number of rotatable bonds is 5. The second-order valence-corrected chi connectivity index (χ2v) is 4.42. The third kappa shape index (κ3) is 3.18. The normalized spacial score (nSPS) is 10.1. The van der Waals surface area contributed by atoms with Crippen molar-refractivity contribution in [3.05, 3.63) is 65.7 Å². The number of hydrogen-bond donors (Lipinski definition) is 0. The van der Waals surface area contributed by atoms with Crippen LogP contribution in [-0.2, 0) is 11.3 Å². The summed E-state index contributed by atoms with van der Waals surface area (Å²) in [5.74, 6) is -0.330. The maximum absolute atomic E-state index is 11.8. The van der Waals surface area contributed by atoms with E-state index in [0.29, 0.717) is 5.56 Å². The van der Waals surface area contributed by atoms with Crippen LogP contribution in [-0.4, -0.2) is 19.6 Å². The molecule has 0 saturated heterocycles. The predicted octanol–water partition coefficient (Wildman–Crippen LogP) is 3.30. The molecule has 0 aliphatic heterocycles. The summed E-state index contributed by atoms with van der Waals surface area (Å²) in [7, 11) is 1.40. The first-order chi connectivity index (χ1) is 9.76. The molecule has 0 aliphatic rings. The van der Waals surface area contributed by atoms with Gasteiger partial charge in [0.1, 0.15) is 0 Å². The molecular formula is C17H18NO2. The van der Waals surface area contributed by atoms with Gasteiger partial charge >= 0.3 is 5.97 Å². The number of ether oxygens (including phenoxy) is 1. The number of esters is 1. The highest BCUT2D eigenvalue weighted by molar-refractivity contribution is 5.95. The van der Waals surface area contributed by atoms with Gasteiger partial charge in [0.2, 0.25) is 0 Å². The van der Waals surface area contributed by atoms with Gasteiger partial charge < -0.3 is 9.64 Å². The minimum Gasteiger partial charge on any atom is -0.465 e. The van der Waals surface area contributed by atoms with Crippen LogP contribution in [0.1, 0.15) is 22.8 Å². The Morgan fingerprint density at radius 1 is 1.20 bits per heavy atom. The average molecular weight is 268 g/mol. The molecule has 0 heterocycles. The lowest BCUT2D eigenvalue weighted by atomic mass is 10.1. The summed E-state index contributed by atoms with van der Waals surface area (Å²) in [4.78, 5) is 14.0. The fourth-order valence-electron chi connectivity index (χ4n) is 2.12. The van der Waals surface area contributed by atoms with Crippen molar-refractivity contribution in [3.63, 3.8) is 0 Å². The summed E-state index contributed by atoms with van der Waals surface area (Å²) < 4.78 is 4.84. The SMILES string of the molecule is CCN(Cc1ccccc1)c1[c]cccc1C(=O)OC. The van der Waals surface area contributed by atoms with E-state index in [1.165, 1.54) is 12.7 Å². The molecule has 1 radical (unpaired) electrons. The minimum atomic E-state index is -0.330. The summed E-state index contributed by atoms with van der Waals surface area (Å²) in [5.41, 5.74) is 2.53. The molecule has 3 nitrogen and oxygen atoms in total. The van der Waals surface area contributed by atoms with Gasteiger partial charge in [-0.25, -0.2) is 4.79 Å². The molecule has 0 unspecified atom stereocenters. The molecular weight excluding hydrogens is 250 g/mol. The van der Waals surface area contributed by atoms with Crippen LogP contribution < -0.4 is 4.90 Å². The molecule has 0 aliphatic carbocycles. The molecule has 0 N–H and O–H groups in total. The Hall–Kier alpha value is -2.29. The van der Waals surface area contributed by atoms with E-state index in [2.05, 4.69) is 30.0 Å². The van der Waals surface area contributed by atoms with E-state index in [1.54, 1.807) is 12.1 Å². The van der Waals surface area contributed by atoms with Crippen molar-refractivity contribution < 1.29 is 9.53 Å². The summed E-state index contributed by atoms with van der Waals surface area (Å²) >= 11 is 0. The predicted molar refractivity (Wildman–Crippen MR) is 79.8 cm³/mol. The molecule has 2 aromatic rings. The van der Waals surface area contributed by atoms with Gasteiger partial charge in [-0.05, 0) is 18.6 Å². The molecule has 0 aromatic heterocycles. The number of carbonyl (C=O) groups excluding carboxylic acids is 1. The van der Waals surface area contributed by atoms with Gasteiger partial charge in [0.05, 0.1) is 18.4 Å². The Balaban J connectivity index is 2.30. The van der Waals surface area contributed by atoms with E-state index in [4.69, 9.17) is 4.74 Å². The fourth-order valence-corrected chi connectivity index (χ4v) is 2.12. The first kappa shape index (κ1) is 14.1. The number of methoxy groups -OCH3 is 1. The second kappa shape index (κ2) is 6.75. The van der Waals surface area contributed by atoms with E-state index in [1.807, 2.05) is 24.3 Å². The van der Waals surface area contributed by atoms with Crippen molar-refractivity contribution in [2.75, 3.05) is 18.6 Å². The smallest absolute Gasteiger partial charge is 0.339 e. The average Bonchev–Trinajstić information content (AvgIpc) is 2.53. The summed E-state index contributed by atoms with van der Waals surface area (Å²) in [6.07, 6.45) is 0. The van der Waals surface area contributed by atoms with Crippen molar-refractivity contribution >= 4 is 11.7 Å². The van der Waals surface area contributed by atoms with E-state index in [9.17, 15) is 4.79 Å². The third-order valence-corrected chi connectivity index (χ3v) is 3.15. The van der Waals surface area contributed by atoms with Gasteiger partial charge in [-0.1, -0.05) is 42.5 Å². The Labute approximate surface area is 119 Å². The van der Waals surface area contributed by atoms with Gasteiger partial charge in [0.15, 0.2) is 0 Å². The molecule has 0 atom stereocenters. The lowest BCUT2D eigenvalue weighted by molar-refractivity contribution is 0.0601. The zero-order valence-corrected chi connectivity index (χ0v) is 11.8. The monoisotopic (exact) mass is 268 g/mol. The Kier molecular flexibility index (Phi) is 4.77. The molecule has 0 amide bonds. The maximum atomic E-state index is 11.8. The van der Waals surface area contributed by atoms with E-state index >= 15 is 0 Å². The molecule has 3 heteroatoms. The van der Waals surface area contributed by atoms with Crippen molar-refractivity contribution in [2.45, 2.75) is 13.5 Å². The number of benzene rings is 2. The van der Waals surface area contributed by atoms with Crippen molar-refractivity contribution in [2.24, 2.45) is 0 Å². The van der Waals surface area contributed by atoms with Gasteiger partial charge in [0.25, 0.3) is 0 Å². The van der Waals surface area contributed by atoms with Crippen LogP contribution in [0.3, 0.4) is 0 Å². The highest BCUT2D eigenvalue weighted by Crippen LogP contribution is 2.22. The highest BCUT2D eigenvalue weighted by atomic mass is 16.5. The molecule has 0 fully saturated rings. The summed E-state index contributed by atoms with van der Waals surface area (Å²) in [6, 6.07) is 18.7. The van der Waals surface area contributed by atoms with Crippen LogP contribution in [0.5, 0.6) is 0 Å². The number of para-hydroxylation sites is 1. The van der Waals surface area contributed by atoms with Crippen LogP contribution >= 0.6 is 0 Å². The molecule has 20 heavy (non-hydrogen) atoms. The molecule has 0 bridgehead atoms. The third-order valence-electron chi connectivity index (χ3n) is 3.15. The molecule has 2 aromatic carbocycles. The zero-order chi connectivity index (χ0) is 14.4. The zero-order valence-electron chi connectivity index (χ0n) is 11.8. The molecule has 2 rings (SSSR count). The Bertz CT molecular complexity index is 566. The van der Waals surface area contributed by atoms with E-state index in [0.717, 1.165) is 18.8 Å². The number of hydrogen-bond acceptors (Lipinski definition) is 3. The first-order valence-electron chi connectivity index (χ1n) is 6.64. The van der Waals surface area contributed by atoms with Crippen LogP contribution in [0.25, 0.3) is 0 Å². The fraction of sp³-hybridized carbons (Fsp3) is 0.235. The lowest BCUT2D eigenvalue weighted by Crippen LogP contribution is -2.24. The number of nitrogens with zero attached hydrogens (tertiary/aromatic N) is 1. The van der Waals surface area contributed by atoms with Crippen LogP contribution in [0, 0.1) is 6.07 Å². The van der Waals surface area contributed by atoms with Crippen LogP contribution in [0.15, 0.2) is 48.5 Å². The Morgan fingerprint density at radius 2 is 1.95 bits per heavy atom. The molecule has 103 valence electrons. The molecule has 0 spiro atoms. The quantitative estimate of drug-likeness (QED) is 0.779. The number of carbonyl (C=O) groups is 1.